The van der Waals surface area contributed by atoms with Gasteiger partial charge in [-0.05, 0) is 26.7 Å². The van der Waals surface area contributed by atoms with Gasteiger partial charge >= 0.3 is 12.0 Å². The number of carbonyl (C=O) groups excluding carboxylic acids is 4. The van der Waals surface area contributed by atoms with Crippen molar-refractivity contribution < 1.29 is 23.9 Å². The highest BCUT2D eigenvalue weighted by atomic mass is 16.5. The van der Waals surface area contributed by atoms with E-state index in [9.17, 15) is 19.2 Å². The van der Waals surface area contributed by atoms with Crippen molar-refractivity contribution in [2.75, 3.05) is 25.5 Å². The third-order valence-electron chi connectivity index (χ3n) is 5.91. The van der Waals surface area contributed by atoms with E-state index in [0.717, 1.165) is 29.9 Å². The molecule has 0 bridgehead atoms. The standard InChI is InChI=1S/C19H27N5O5/c1-12-16(13(2)23(4)21-12)20-14(25)11-29-15(26)10-24-17(27)19(22(3)18(24)28)8-6-5-7-9-19/h5-11H2,1-4H3,(H,20,25). The van der Waals surface area contributed by atoms with Crippen molar-refractivity contribution in [3.63, 3.8) is 0 Å². The van der Waals surface area contributed by atoms with Crippen molar-refractivity contribution in [2.45, 2.75) is 51.5 Å². The molecule has 1 aromatic heterocycles. The topological polar surface area (TPSA) is 114 Å². The highest BCUT2D eigenvalue weighted by Gasteiger charge is 2.55. The molecule has 1 spiro atoms. The first-order chi connectivity index (χ1) is 13.7. The maximum Gasteiger partial charge on any atom is 0.327 e. The van der Waals surface area contributed by atoms with Gasteiger partial charge in [0.25, 0.3) is 11.8 Å². The Hall–Kier alpha value is -2.91. The normalized spacial score (nSPS) is 18.5. The van der Waals surface area contributed by atoms with Gasteiger partial charge in [0, 0.05) is 14.1 Å². The van der Waals surface area contributed by atoms with Crippen molar-refractivity contribution in [3.05, 3.63) is 11.4 Å². The number of carbonyl (C=O) groups is 4. The Kier molecular flexibility index (Phi) is 5.63. The summed E-state index contributed by atoms with van der Waals surface area (Å²) < 4.78 is 6.63. The summed E-state index contributed by atoms with van der Waals surface area (Å²) >= 11 is 0. The second-order valence-corrected chi connectivity index (χ2v) is 7.70. The number of hydrogen-bond donors (Lipinski definition) is 1. The van der Waals surface area contributed by atoms with Gasteiger partial charge in [-0.1, -0.05) is 19.3 Å². The molecule has 158 valence electrons. The average Bonchev–Trinajstić information content (AvgIpc) is 3.03. The number of imide groups is 1. The molecule has 3 rings (SSSR count). The summed E-state index contributed by atoms with van der Waals surface area (Å²) in [5, 5.41) is 6.86. The van der Waals surface area contributed by atoms with E-state index in [1.807, 2.05) is 6.92 Å². The van der Waals surface area contributed by atoms with Gasteiger partial charge in [0.2, 0.25) is 0 Å². The Bertz CT molecular complexity index is 855. The predicted octanol–water partition coefficient (Wildman–Crippen LogP) is 1.12. The molecule has 1 aromatic rings. The fraction of sp³-hybridized carbons (Fsp3) is 0.632. The molecule has 0 atom stereocenters. The van der Waals surface area contributed by atoms with Gasteiger partial charge in [0.15, 0.2) is 6.61 Å². The van der Waals surface area contributed by atoms with Crippen LogP contribution in [0, 0.1) is 13.8 Å². The van der Waals surface area contributed by atoms with E-state index >= 15 is 0 Å². The maximum absolute atomic E-state index is 12.9. The van der Waals surface area contributed by atoms with Gasteiger partial charge in [-0.15, -0.1) is 0 Å². The molecule has 2 aliphatic rings. The number of aromatic nitrogens is 2. The molecule has 0 radical (unpaired) electrons. The summed E-state index contributed by atoms with van der Waals surface area (Å²) in [6.45, 7) is 2.56. The number of aryl methyl sites for hydroxylation is 2. The third-order valence-corrected chi connectivity index (χ3v) is 5.91. The molecular weight excluding hydrogens is 378 g/mol. The number of hydrogen-bond acceptors (Lipinski definition) is 6. The fourth-order valence-electron chi connectivity index (χ4n) is 4.12. The van der Waals surface area contributed by atoms with Gasteiger partial charge in [0.05, 0.1) is 17.1 Å². The van der Waals surface area contributed by atoms with Crippen LogP contribution in [-0.2, 0) is 26.2 Å². The van der Waals surface area contributed by atoms with E-state index in [0.29, 0.717) is 24.2 Å². The molecule has 2 heterocycles. The lowest BCUT2D eigenvalue weighted by atomic mass is 9.81. The lowest BCUT2D eigenvalue weighted by Gasteiger charge is -2.35. The first-order valence-corrected chi connectivity index (χ1v) is 9.73. The molecular formula is C19H27N5O5. The second-order valence-electron chi connectivity index (χ2n) is 7.70. The van der Waals surface area contributed by atoms with Crippen LogP contribution in [0.4, 0.5) is 10.5 Å². The zero-order chi connectivity index (χ0) is 21.3. The Morgan fingerprint density at radius 1 is 1.14 bits per heavy atom. The van der Waals surface area contributed by atoms with Gasteiger partial charge < -0.3 is 15.0 Å². The first kappa shape index (κ1) is 20.8. The van der Waals surface area contributed by atoms with Crippen LogP contribution in [0.5, 0.6) is 0 Å². The van der Waals surface area contributed by atoms with Crippen LogP contribution in [-0.4, -0.2) is 69.1 Å². The molecule has 1 aliphatic heterocycles. The molecule has 1 saturated carbocycles. The smallest absolute Gasteiger partial charge is 0.327 e. The lowest BCUT2D eigenvalue weighted by molar-refractivity contribution is -0.150. The van der Waals surface area contributed by atoms with Crippen LogP contribution in [0.1, 0.15) is 43.5 Å². The number of ether oxygens (including phenoxy) is 1. The number of amides is 4. The average molecular weight is 405 g/mol. The van der Waals surface area contributed by atoms with Crippen LogP contribution in [0.2, 0.25) is 0 Å². The molecule has 4 amide bonds. The summed E-state index contributed by atoms with van der Waals surface area (Å²) in [6.07, 6.45) is 3.98. The van der Waals surface area contributed by atoms with Crippen molar-refractivity contribution in [3.8, 4) is 0 Å². The number of urea groups is 1. The number of esters is 1. The van der Waals surface area contributed by atoms with Gasteiger partial charge in [-0.3, -0.25) is 24.0 Å². The molecule has 0 aromatic carbocycles. The highest BCUT2D eigenvalue weighted by Crippen LogP contribution is 2.39. The highest BCUT2D eigenvalue weighted by molar-refractivity contribution is 6.08. The number of nitrogens with one attached hydrogen (secondary N) is 1. The van der Waals surface area contributed by atoms with Crippen molar-refractivity contribution in [2.24, 2.45) is 7.05 Å². The predicted molar refractivity (Wildman–Crippen MR) is 103 cm³/mol. The zero-order valence-corrected chi connectivity index (χ0v) is 17.3. The fourth-order valence-corrected chi connectivity index (χ4v) is 4.12. The minimum absolute atomic E-state index is 0.354. The second kappa shape index (κ2) is 7.84. The van der Waals surface area contributed by atoms with E-state index in [2.05, 4.69) is 10.4 Å². The number of likely N-dealkylation sites (N-methyl/N-ethyl adjacent to an activating group) is 1. The largest absolute Gasteiger partial charge is 0.454 e. The monoisotopic (exact) mass is 405 g/mol. The summed E-state index contributed by atoms with van der Waals surface area (Å²) in [5.41, 5.74) is 1.15. The van der Waals surface area contributed by atoms with Crippen LogP contribution < -0.4 is 5.32 Å². The number of anilines is 1. The molecule has 10 heteroatoms. The molecule has 1 N–H and O–H groups in total. The number of nitrogens with zero attached hydrogens (tertiary/aromatic N) is 4. The lowest BCUT2D eigenvalue weighted by Crippen LogP contribution is -2.49. The van der Waals surface area contributed by atoms with Crippen LogP contribution in [0.15, 0.2) is 0 Å². The van der Waals surface area contributed by atoms with E-state index in [1.165, 1.54) is 4.90 Å². The third kappa shape index (κ3) is 3.70. The van der Waals surface area contributed by atoms with E-state index in [1.54, 1.807) is 25.7 Å². The maximum atomic E-state index is 12.9. The minimum atomic E-state index is -0.845. The summed E-state index contributed by atoms with van der Waals surface area (Å²) in [7, 11) is 3.36. The molecule has 1 aliphatic carbocycles. The molecule has 1 saturated heterocycles. The van der Waals surface area contributed by atoms with Gasteiger partial charge in [-0.25, -0.2) is 4.79 Å². The first-order valence-electron chi connectivity index (χ1n) is 9.73. The van der Waals surface area contributed by atoms with Crippen molar-refractivity contribution in [1.29, 1.82) is 0 Å². The molecule has 29 heavy (non-hydrogen) atoms. The van der Waals surface area contributed by atoms with Crippen molar-refractivity contribution in [1.82, 2.24) is 19.6 Å². The van der Waals surface area contributed by atoms with Crippen LogP contribution in [0.25, 0.3) is 0 Å². The van der Waals surface area contributed by atoms with Gasteiger partial charge in [0.1, 0.15) is 12.1 Å². The summed E-state index contributed by atoms with van der Waals surface area (Å²) in [5.74, 6) is -1.67. The van der Waals surface area contributed by atoms with Crippen molar-refractivity contribution >= 4 is 29.5 Å². The number of rotatable bonds is 5. The summed E-state index contributed by atoms with van der Waals surface area (Å²) in [6, 6.07) is -0.500. The molecule has 0 unspecified atom stereocenters. The van der Waals surface area contributed by atoms with Gasteiger partial charge in [-0.2, -0.15) is 5.10 Å². The molecule has 10 nitrogen and oxygen atoms in total. The minimum Gasteiger partial charge on any atom is -0.454 e. The van der Waals surface area contributed by atoms with E-state index in [-0.39, 0.29) is 5.91 Å². The van der Waals surface area contributed by atoms with Crippen LogP contribution in [0.3, 0.4) is 0 Å². The summed E-state index contributed by atoms with van der Waals surface area (Å²) in [4.78, 5) is 52.0. The zero-order valence-electron chi connectivity index (χ0n) is 17.3. The van der Waals surface area contributed by atoms with E-state index < -0.39 is 36.6 Å². The SMILES string of the molecule is Cc1nn(C)c(C)c1NC(=O)COC(=O)CN1C(=O)N(C)C2(CCCCC2)C1=O. The molecule has 2 fully saturated rings. The van der Waals surface area contributed by atoms with E-state index in [4.69, 9.17) is 4.74 Å². The Labute approximate surface area is 169 Å². The Morgan fingerprint density at radius 3 is 2.38 bits per heavy atom. The van der Waals surface area contributed by atoms with Crippen LogP contribution >= 0.6 is 0 Å². The quantitative estimate of drug-likeness (QED) is 0.580. The Balaban J connectivity index is 1.56. The Morgan fingerprint density at radius 2 is 1.79 bits per heavy atom.